The van der Waals surface area contributed by atoms with Crippen LogP contribution in [-0.2, 0) is 20.0 Å². The summed E-state index contributed by atoms with van der Waals surface area (Å²) in [6.07, 6.45) is 2.21. The van der Waals surface area contributed by atoms with Crippen molar-refractivity contribution in [2.24, 2.45) is 0 Å². The minimum atomic E-state index is -3.68. The number of benzene rings is 2. The van der Waals surface area contributed by atoms with E-state index in [-0.39, 0.29) is 21.2 Å². The number of halogens is 1. The molecule has 4 rings (SSSR count). The number of hydrogen-bond acceptors (Lipinski definition) is 5. The van der Waals surface area contributed by atoms with Gasteiger partial charge in [-0.15, -0.1) is 0 Å². The summed E-state index contributed by atoms with van der Waals surface area (Å²) in [6, 6.07) is 10.5. The largest absolute Gasteiger partial charge is 0.322 e. The van der Waals surface area contributed by atoms with Gasteiger partial charge in [-0.25, -0.2) is 16.8 Å². The number of rotatable bonds is 5. The number of hydrogen-bond donors (Lipinski definition) is 1. The number of carbonyl (C=O) groups is 1. The fraction of sp³-hybridized carbons (Fsp3) is 0.350. The first-order chi connectivity index (χ1) is 14.7. The van der Waals surface area contributed by atoms with E-state index in [0.29, 0.717) is 37.4 Å². The molecular weight excluding hydrogens is 462 g/mol. The zero-order chi connectivity index (χ0) is 22.2. The third kappa shape index (κ3) is 4.43. The number of amides is 1. The Morgan fingerprint density at radius 3 is 2.26 bits per heavy atom. The van der Waals surface area contributed by atoms with Crippen LogP contribution in [0.2, 0.25) is 5.02 Å². The minimum Gasteiger partial charge on any atom is -0.322 e. The average Bonchev–Trinajstić information content (AvgIpc) is 3.39. The Bertz CT molecular complexity index is 1210. The molecule has 0 unspecified atom stereocenters. The predicted octanol–water partition coefficient (Wildman–Crippen LogP) is 2.92. The number of carbonyl (C=O) groups excluding carboxylic acids is 1. The molecule has 0 bridgehead atoms. The van der Waals surface area contributed by atoms with Crippen LogP contribution in [0.15, 0.2) is 47.4 Å². The Morgan fingerprint density at radius 1 is 0.968 bits per heavy atom. The van der Waals surface area contributed by atoms with Gasteiger partial charge in [-0.1, -0.05) is 11.6 Å². The summed E-state index contributed by atoms with van der Waals surface area (Å²) in [5, 5.41) is 2.82. The van der Waals surface area contributed by atoms with Gasteiger partial charge in [0.1, 0.15) is 0 Å². The molecule has 0 saturated carbocycles. The zero-order valence-corrected chi connectivity index (χ0v) is 19.0. The molecule has 31 heavy (non-hydrogen) atoms. The maximum atomic E-state index is 12.8. The normalized spacial score (nSPS) is 18.9. The Morgan fingerprint density at radius 2 is 1.65 bits per heavy atom. The Kier molecular flexibility index (Phi) is 5.99. The summed E-state index contributed by atoms with van der Waals surface area (Å²) in [5.74, 6) is -0.425. The molecule has 0 aliphatic carbocycles. The van der Waals surface area contributed by atoms with Gasteiger partial charge in [0.05, 0.1) is 26.9 Å². The fourth-order valence-electron chi connectivity index (χ4n) is 3.76. The SMILES string of the molecule is O=C(Nc1ccc(N2CCCS2(=O)=O)cc1)c1cc(S(=O)(=O)N2CCCC2)ccc1Cl. The third-order valence-corrected chi connectivity index (χ3v) is 9.49. The highest BCUT2D eigenvalue weighted by atomic mass is 35.5. The third-order valence-electron chi connectivity index (χ3n) is 5.40. The van der Waals surface area contributed by atoms with Crippen LogP contribution in [0, 0.1) is 0 Å². The molecule has 2 fully saturated rings. The number of anilines is 2. The molecule has 2 aliphatic rings. The molecule has 0 aromatic heterocycles. The quantitative estimate of drug-likeness (QED) is 0.704. The second-order valence-electron chi connectivity index (χ2n) is 7.50. The van der Waals surface area contributed by atoms with Gasteiger partial charge in [0.2, 0.25) is 20.0 Å². The summed E-state index contributed by atoms with van der Waals surface area (Å²) in [7, 11) is -6.96. The van der Waals surface area contributed by atoms with Crippen molar-refractivity contribution in [3.63, 3.8) is 0 Å². The molecule has 166 valence electrons. The molecule has 2 aromatic carbocycles. The lowest BCUT2D eigenvalue weighted by Crippen LogP contribution is -2.28. The van der Waals surface area contributed by atoms with Crippen LogP contribution in [-0.4, -0.2) is 52.4 Å². The van der Waals surface area contributed by atoms with Crippen molar-refractivity contribution < 1.29 is 21.6 Å². The van der Waals surface area contributed by atoms with Crippen LogP contribution in [0.25, 0.3) is 0 Å². The van der Waals surface area contributed by atoms with Gasteiger partial charge in [0, 0.05) is 25.3 Å². The Hall–Kier alpha value is -2.14. The summed E-state index contributed by atoms with van der Waals surface area (Å²) in [5.41, 5.74) is 1.02. The monoisotopic (exact) mass is 483 g/mol. The highest BCUT2D eigenvalue weighted by molar-refractivity contribution is 7.93. The van der Waals surface area contributed by atoms with Gasteiger partial charge < -0.3 is 5.32 Å². The van der Waals surface area contributed by atoms with Crippen LogP contribution < -0.4 is 9.62 Å². The van der Waals surface area contributed by atoms with E-state index in [4.69, 9.17) is 11.6 Å². The minimum absolute atomic E-state index is 0.0264. The van der Waals surface area contributed by atoms with Crippen LogP contribution in [0.4, 0.5) is 11.4 Å². The first-order valence-corrected chi connectivity index (χ1v) is 13.3. The lowest BCUT2D eigenvalue weighted by Gasteiger charge is -2.17. The van der Waals surface area contributed by atoms with Gasteiger partial charge in [0.25, 0.3) is 5.91 Å². The first kappa shape index (κ1) is 22.1. The molecular formula is C20H22ClN3O5S2. The second-order valence-corrected chi connectivity index (χ2v) is 11.9. The lowest BCUT2D eigenvalue weighted by atomic mass is 10.2. The summed E-state index contributed by atoms with van der Waals surface area (Å²) >= 11 is 6.17. The maximum Gasteiger partial charge on any atom is 0.257 e. The van der Waals surface area contributed by atoms with E-state index in [0.717, 1.165) is 12.8 Å². The van der Waals surface area contributed by atoms with Crippen molar-refractivity contribution in [1.82, 2.24) is 4.31 Å². The average molecular weight is 484 g/mol. The van der Waals surface area contributed by atoms with Crippen molar-refractivity contribution in [1.29, 1.82) is 0 Å². The Balaban J connectivity index is 1.53. The number of nitrogens with zero attached hydrogens (tertiary/aromatic N) is 2. The topological polar surface area (TPSA) is 104 Å². The zero-order valence-electron chi connectivity index (χ0n) is 16.6. The van der Waals surface area contributed by atoms with E-state index in [1.807, 2.05) is 0 Å². The highest BCUT2D eigenvalue weighted by Crippen LogP contribution is 2.28. The predicted molar refractivity (Wildman–Crippen MR) is 120 cm³/mol. The molecule has 0 radical (unpaired) electrons. The maximum absolute atomic E-state index is 12.8. The van der Waals surface area contributed by atoms with Crippen molar-refractivity contribution in [2.75, 3.05) is 35.0 Å². The molecule has 0 spiro atoms. The van der Waals surface area contributed by atoms with Gasteiger partial charge in [-0.3, -0.25) is 9.10 Å². The summed E-state index contributed by atoms with van der Waals surface area (Å²) in [4.78, 5) is 12.8. The van der Waals surface area contributed by atoms with Crippen LogP contribution >= 0.6 is 11.6 Å². The van der Waals surface area contributed by atoms with Gasteiger partial charge in [0.15, 0.2) is 0 Å². The number of sulfonamides is 2. The van der Waals surface area contributed by atoms with E-state index in [2.05, 4.69) is 5.32 Å². The molecule has 1 N–H and O–H groups in total. The van der Waals surface area contributed by atoms with Crippen molar-refractivity contribution in [3.05, 3.63) is 53.1 Å². The van der Waals surface area contributed by atoms with Gasteiger partial charge in [-0.05, 0) is 61.7 Å². The molecule has 1 amide bonds. The highest BCUT2D eigenvalue weighted by Gasteiger charge is 2.29. The Labute approximate surface area is 186 Å². The van der Waals surface area contributed by atoms with E-state index in [1.54, 1.807) is 24.3 Å². The summed E-state index contributed by atoms with van der Waals surface area (Å²) in [6.45, 7) is 1.36. The van der Waals surface area contributed by atoms with Crippen molar-refractivity contribution in [2.45, 2.75) is 24.2 Å². The number of nitrogens with one attached hydrogen (secondary N) is 1. The smallest absolute Gasteiger partial charge is 0.257 e. The van der Waals surface area contributed by atoms with Gasteiger partial charge >= 0.3 is 0 Å². The lowest BCUT2D eigenvalue weighted by molar-refractivity contribution is 0.102. The van der Waals surface area contributed by atoms with Crippen LogP contribution in [0.3, 0.4) is 0 Å². The van der Waals surface area contributed by atoms with Crippen molar-refractivity contribution in [3.8, 4) is 0 Å². The molecule has 2 saturated heterocycles. The van der Waals surface area contributed by atoms with Gasteiger partial charge in [-0.2, -0.15) is 4.31 Å². The van der Waals surface area contributed by atoms with E-state index < -0.39 is 26.0 Å². The molecule has 2 aliphatic heterocycles. The molecule has 0 atom stereocenters. The standard InChI is InChI=1S/C20H22ClN3O5S2/c21-19-9-8-17(31(28,29)23-10-1-2-11-23)14-18(19)20(25)22-15-4-6-16(7-5-15)24-12-3-13-30(24,26)27/h4-9,14H,1-3,10-13H2,(H,22,25). The molecule has 2 heterocycles. The molecule has 2 aromatic rings. The van der Waals surface area contributed by atoms with E-state index in [9.17, 15) is 21.6 Å². The molecule has 11 heteroatoms. The van der Waals surface area contributed by atoms with Crippen molar-refractivity contribution >= 4 is 48.9 Å². The van der Waals surface area contributed by atoms with Crippen LogP contribution in [0.1, 0.15) is 29.6 Å². The van der Waals surface area contributed by atoms with E-state index in [1.165, 1.54) is 26.8 Å². The molecule has 8 nitrogen and oxygen atoms in total. The van der Waals surface area contributed by atoms with Crippen LogP contribution in [0.5, 0.6) is 0 Å². The fourth-order valence-corrected chi connectivity index (χ4v) is 7.07. The first-order valence-electron chi connectivity index (χ1n) is 9.90. The van der Waals surface area contributed by atoms with E-state index >= 15 is 0 Å². The summed E-state index contributed by atoms with van der Waals surface area (Å²) < 4.78 is 52.4. The second kappa shape index (κ2) is 8.42.